The number of hydrogen-bond acceptors (Lipinski definition) is 4. The van der Waals surface area contributed by atoms with Gasteiger partial charge in [-0.2, -0.15) is 0 Å². The highest BCUT2D eigenvalue weighted by Gasteiger charge is 2.14. The average molecular weight is 380 g/mol. The van der Waals surface area contributed by atoms with Crippen molar-refractivity contribution in [3.63, 3.8) is 0 Å². The summed E-state index contributed by atoms with van der Waals surface area (Å²) in [4.78, 5) is 12.2. The zero-order valence-corrected chi connectivity index (χ0v) is 14.5. The van der Waals surface area contributed by atoms with Gasteiger partial charge in [0.25, 0.3) is 0 Å². The molecule has 2 aromatic carbocycles. The highest BCUT2D eigenvalue weighted by atomic mass is 19.1. The Balaban J connectivity index is 1.40. The smallest absolute Gasteiger partial charge is 0.338 e. The Hall–Kier alpha value is -3.74. The summed E-state index contributed by atoms with van der Waals surface area (Å²) in [5, 5.41) is 3.75. The number of aromatic nitrogens is 2. The molecule has 0 N–H and O–H groups in total. The fourth-order valence-electron chi connectivity index (χ4n) is 2.70. The lowest BCUT2D eigenvalue weighted by molar-refractivity contribution is 0.0464. The van der Waals surface area contributed by atoms with Crippen LogP contribution in [0.5, 0.6) is 0 Å². The van der Waals surface area contributed by atoms with Crippen LogP contribution in [0.1, 0.15) is 16.1 Å². The molecule has 0 unspecified atom stereocenters. The normalized spacial score (nSPS) is 10.8. The Morgan fingerprint density at radius 3 is 2.50 bits per heavy atom. The molecular formula is C21H14F2N2O3. The van der Waals surface area contributed by atoms with Crippen molar-refractivity contribution in [1.29, 1.82) is 0 Å². The van der Waals surface area contributed by atoms with Gasteiger partial charge in [0.1, 0.15) is 23.9 Å². The number of nitrogens with zero attached hydrogens (tertiary/aromatic N) is 2. The van der Waals surface area contributed by atoms with E-state index in [0.29, 0.717) is 11.3 Å². The van der Waals surface area contributed by atoms with Gasteiger partial charge in [-0.05, 0) is 48.5 Å². The molecule has 0 saturated heterocycles. The third kappa shape index (κ3) is 3.68. The fraction of sp³-hybridized carbons (Fsp3) is 0.0476. The summed E-state index contributed by atoms with van der Waals surface area (Å²) in [6, 6.07) is 15.3. The molecule has 4 aromatic rings. The number of carbonyl (C=O) groups is 1. The van der Waals surface area contributed by atoms with Crippen LogP contribution in [0.25, 0.3) is 17.0 Å². The molecule has 0 aliphatic heterocycles. The van der Waals surface area contributed by atoms with Crippen LogP contribution in [0.4, 0.5) is 8.78 Å². The van der Waals surface area contributed by atoms with E-state index >= 15 is 0 Å². The van der Waals surface area contributed by atoms with Crippen molar-refractivity contribution in [2.75, 3.05) is 0 Å². The Morgan fingerprint density at radius 1 is 1.04 bits per heavy atom. The van der Waals surface area contributed by atoms with Gasteiger partial charge in [-0.3, -0.25) is 0 Å². The van der Waals surface area contributed by atoms with E-state index in [0.717, 1.165) is 17.8 Å². The number of halogens is 2. The lowest BCUT2D eigenvalue weighted by Crippen LogP contribution is -2.05. The molecule has 0 bridgehead atoms. The van der Waals surface area contributed by atoms with Gasteiger partial charge in [0, 0.05) is 30.2 Å². The molecular weight excluding hydrogens is 366 g/mol. The van der Waals surface area contributed by atoms with Gasteiger partial charge in [0.2, 0.25) is 0 Å². The first-order valence-corrected chi connectivity index (χ1v) is 8.42. The molecule has 2 heterocycles. The van der Waals surface area contributed by atoms with Crippen molar-refractivity contribution >= 4 is 5.97 Å². The molecule has 0 amide bonds. The molecule has 0 radical (unpaired) electrons. The Morgan fingerprint density at radius 2 is 1.79 bits per heavy atom. The molecule has 4 rings (SSSR count). The maximum atomic E-state index is 13.8. The minimum Gasteiger partial charge on any atom is -0.455 e. The van der Waals surface area contributed by atoms with E-state index in [1.807, 2.05) is 41.2 Å². The first kappa shape index (κ1) is 17.7. The molecule has 0 fully saturated rings. The van der Waals surface area contributed by atoms with Gasteiger partial charge in [0.15, 0.2) is 5.76 Å². The second-order valence-corrected chi connectivity index (χ2v) is 6.02. The Bertz CT molecular complexity index is 1100. The van der Waals surface area contributed by atoms with Crippen molar-refractivity contribution in [1.82, 2.24) is 9.72 Å². The van der Waals surface area contributed by atoms with Crippen LogP contribution in [-0.2, 0) is 11.3 Å². The standard InChI is InChI=1S/C21H14F2N2O3/c22-15-5-8-18(19(23)11-15)20-12-16(24-28-20)13-27-21(26)14-3-6-17(7-4-14)25-9-1-2-10-25/h1-12H,13H2. The minimum atomic E-state index is -0.762. The van der Waals surface area contributed by atoms with E-state index in [1.165, 1.54) is 12.1 Å². The largest absolute Gasteiger partial charge is 0.455 e. The van der Waals surface area contributed by atoms with Crippen molar-refractivity contribution < 1.29 is 22.8 Å². The fourth-order valence-corrected chi connectivity index (χ4v) is 2.70. The maximum absolute atomic E-state index is 13.8. The highest BCUT2D eigenvalue weighted by molar-refractivity contribution is 5.89. The quantitative estimate of drug-likeness (QED) is 0.468. The third-order valence-corrected chi connectivity index (χ3v) is 4.11. The Kier molecular flexibility index (Phi) is 4.72. The van der Waals surface area contributed by atoms with Crippen molar-refractivity contribution in [3.8, 4) is 17.0 Å². The molecule has 7 heteroatoms. The van der Waals surface area contributed by atoms with Crippen LogP contribution in [-0.4, -0.2) is 15.7 Å². The second kappa shape index (κ2) is 7.48. The summed E-state index contributed by atoms with van der Waals surface area (Å²) in [6.45, 7) is -0.134. The van der Waals surface area contributed by atoms with Crippen LogP contribution in [0.2, 0.25) is 0 Å². The number of rotatable bonds is 5. The number of ether oxygens (including phenoxy) is 1. The zero-order chi connectivity index (χ0) is 19.5. The van der Waals surface area contributed by atoms with Crippen LogP contribution in [0, 0.1) is 11.6 Å². The summed E-state index contributed by atoms with van der Waals surface area (Å²) in [6.07, 6.45) is 3.80. The summed E-state index contributed by atoms with van der Waals surface area (Å²) < 4.78 is 39.0. The van der Waals surface area contributed by atoms with E-state index in [-0.39, 0.29) is 17.9 Å². The second-order valence-electron chi connectivity index (χ2n) is 6.02. The SMILES string of the molecule is O=C(OCc1cc(-c2ccc(F)cc2F)on1)c1ccc(-n2cccc2)cc1. The molecule has 0 aliphatic carbocycles. The molecule has 0 aliphatic rings. The molecule has 28 heavy (non-hydrogen) atoms. The van der Waals surface area contributed by atoms with Crippen molar-refractivity contribution in [2.24, 2.45) is 0 Å². The van der Waals surface area contributed by atoms with Gasteiger partial charge in [-0.25, -0.2) is 13.6 Å². The first-order valence-electron chi connectivity index (χ1n) is 8.42. The van der Waals surface area contributed by atoms with Crippen molar-refractivity contribution in [3.05, 3.63) is 95.9 Å². The molecule has 2 aromatic heterocycles. The first-order chi connectivity index (χ1) is 13.6. The molecule has 5 nitrogen and oxygen atoms in total. The van der Waals surface area contributed by atoms with Crippen LogP contribution in [0.3, 0.4) is 0 Å². The van der Waals surface area contributed by atoms with Crippen LogP contribution >= 0.6 is 0 Å². The number of carbonyl (C=O) groups excluding carboxylic acids is 1. The predicted octanol–water partition coefficient (Wildman–Crippen LogP) is 4.77. The van der Waals surface area contributed by atoms with E-state index in [1.54, 1.807) is 12.1 Å². The van der Waals surface area contributed by atoms with Gasteiger partial charge in [-0.1, -0.05) is 5.16 Å². The number of hydrogen-bond donors (Lipinski definition) is 0. The third-order valence-electron chi connectivity index (χ3n) is 4.11. The average Bonchev–Trinajstić information content (AvgIpc) is 3.38. The monoisotopic (exact) mass is 380 g/mol. The molecule has 0 saturated carbocycles. The summed E-state index contributed by atoms with van der Waals surface area (Å²) in [7, 11) is 0. The van der Waals surface area contributed by atoms with Gasteiger partial charge >= 0.3 is 5.97 Å². The van der Waals surface area contributed by atoms with Crippen molar-refractivity contribution in [2.45, 2.75) is 6.61 Å². The minimum absolute atomic E-state index is 0.0760. The van der Waals surface area contributed by atoms with Gasteiger partial charge in [-0.15, -0.1) is 0 Å². The maximum Gasteiger partial charge on any atom is 0.338 e. The summed E-state index contributed by atoms with van der Waals surface area (Å²) in [5.41, 5.74) is 1.70. The van der Waals surface area contributed by atoms with Gasteiger partial charge in [0.05, 0.1) is 11.1 Å². The lowest BCUT2D eigenvalue weighted by atomic mass is 10.1. The van der Waals surface area contributed by atoms with E-state index < -0.39 is 17.6 Å². The van der Waals surface area contributed by atoms with Crippen LogP contribution < -0.4 is 0 Å². The topological polar surface area (TPSA) is 57.3 Å². The van der Waals surface area contributed by atoms with E-state index in [4.69, 9.17) is 9.26 Å². The molecule has 0 spiro atoms. The van der Waals surface area contributed by atoms with E-state index in [2.05, 4.69) is 5.16 Å². The predicted molar refractivity (Wildman–Crippen MR) is 96.7 cm³/mol. The molecule has 140 valence electrons. The zero-order valence-electron chi connectivity index (χ0n) is 14.5. The summed E-state index contributed by atoms with van der Waals surface area (Å²) >= 11 is 0. The number of esters is 1. The number of benzene rings is 2. The summed E-state index contributed by atoms with van der Waals surface area (Å²) in [5.74, 6) is -1.84. The lowest BCUT2D eigenvalue weighted by Gasteiger charge is -2.05. The Labute approximate surface area is 158 Å². The van der Waals surface area contributed by atoms with Gasteiger partial charge < -0.3 is 13.8 Å². The highest BCUT2D eigenvalue weighted by Crippen LogP contribution is 2.24. The molecule has 0 atom stereocenters. The van der Waals surface area contributed by atoms with Crippen LogP contribution in [0.15, 0.2) is 77.6 Å². The van der Waals surface area contributed by atoms with E-state index in [9.17, 15) is 13.6 Å².